The van der Waals surface area contributed by atoms with Crippen molar-refractivity contribution in [3.63, 3.8) is 0 Å². The normalized spacial score (nSPS) is 16.3. The molecule has 0 aromatic heterocycles. The van der Waals surface area contributed by atoms with Gasteiger partial charge in [-0.3, -0.25) is 9.59 Å². The number of para-hydroxylation sites is 1. The number of esters is 1. The summed E-state index contributed by atoms with van der Waals surface area (Å²) >= 11 is 6.60. The van der Waals surface area contributed by atoms with Gasteiger partial charge in [-0.05, 0) is 61.4 Å². The number of halogens is 1. The fourth-order valence-corrected chi connectivity index (χ4v) is 5.25. The fraction of sp³-hybridized carbons (Fsp3) is 0.333. The van der Waals surface area contributed by atoms with E-state index in [2.05, 4.69) is 4.99 Å². The molecule has 4 rings (SSSR count). The van der Waals surface area contributed by atoms with Crippen molar-refractivity contribution in [2.45, 2.75) is 19.4 Å². The second-order valence-corrected chi connectivity index (χ2v) is 10.5. The number of nitrogens with two attached hydrogens (primary N) is 1. The van der Waals surface area contributed by atoms with Crippen molar-refractivity contribution in [1.29, 1.82) is 0 Å². The Labute approximate surface area is 262 Å². The molecule has 10 nitrogen and oxygen atoms in total. The van der Waals surface area contributed by atoms with Gasteiger partial charge in [-0.2, -0.15) is 4.99 Å². The molecule has 11 heteroatoms. The van der Waals surface area contributed by atoms with Crippen LogP contribution in [-0.4, -0.2) is 79.9 Å². The fourth-order valence-electron chi connectivity index (χ4n) is 5.00. The lowest BCUT2D eigenvalue weighted by Gasteiger charge is -2.39. The van der Waals surface area contributed by atoms with Gasteiger partial charge < -0.3 is 29.7 Å². The van der Waals surface area contributed by atoms with E-state index < -0.39 is 24.0 Å². The molecule has 3 aromatic rings. The molecule has 2 N–H and O–H groups in total. The molecular weight excluding hydrogens is 584 g/mol. The first-order valence-corrected chi connectivity index (χ1v) is 14.9. The maximum absolute atomic E-state index is 13.4. The van der Waals surface area contributed by atoms with Gasteiger partial charge >= 0.3 is 12.0 Å². The van der Waals surface area contributed by atoms with Crippen LogP contribution in [0.15, 0.2) is 83.9 Å². The number of aliphatic imine (C=N–C) groups is 1. The van der Waals surface area contributed by atoms with Crippen LogP contribution < -0.4 is 10.5 Å². The molecule has 0 radical (unpaired) electrons. The summed E-state index contributed by atoms with van der Waals surface area (Å²) in [4.78, 5) is 47.2. The highest BCUT2D eigenvalue weighted by atomic mass is 35.5. The van der Waals surface area contributed by atoms with Crippen LogP contribution in [0, 0.1) is 5.92 Å². The number of nitrogens with zero attached hydrogens (tertiary/aromatic N) is 3. The van der Waals surface area contributed by atoms with Gasteiger partial charge in [0, 0.05) is 37.3 Å². The van der Waals surface area contributed by atoms with Gasteiger partial charge in [0.15, 0.2) is 0 Å². The zero-order valence-corrected chi connectivity index (χ0v) is 25.6. The lowest BCUT2D eigenvalue weighted by Crippen LogP contribution is -2.49. The number of urea groups is 1. The maximum Gasteiger partial charge on any atom is 0.344 e. The SMILES string of the molecule is CCOC(=O)C1C(COCCN)=NC(=O)N(CCCN(C)C(=O)c2ccc(Oc3ccccc3)cc2)C1c1ccccc1Cl. The first kappa shape index (κ1) is 32.7. The van der Waals surface area contributed by atoms with Crippen molar-refractivity contribution >= 4 is 35.2 Å². The zero-order valence-electron chi connectivity index (χ0n) is 24.9. The van der Waals surface area contributed by atoms with Crippen molar-refractivity contribution < 1.29 is 28.6 Å². The molecule has 44 heavy (non-hydrogen) atoms. The minimum Gasteiger partial charge on any atom is -0.465 e. The van der Waals surface area contributed by atoms with Crippen LogP contribution in [0.5, 0.6) is 11.5 Å². The topological polar surface area (TPSA) is 124 Å². The molecule has 1 heterocycles. The van der Waals surface area contributed by atoms with Crippen molar-refractivity contribution in [3.8, 4) is 11.5 Å². The summed E-state index contributed by atoms with van der Waals surface area (Å²) in [5.41, 5.74) is 6.92. The maximum atomic E-state index is 13.4. The third kappa shape index (κ3) is 8.22. The molecule has 1 aliphatic heterocycles. The van der Waals surface area contributed by atoms with E-state index in [1.807, 2.05) is 30.3 Å². The summed E-state index contributed by atoms with van der Waals surface area (Å²) in [6.45, 7) is 2.91. The first-order chi connectivity index (χ1) is 21.3. The number of carbonyl (C=O) groups excluding carboxylic acids is 3. The summed E-state index contributed by atoms with van der Waals surface area (Å²) < 4.78 is 16.8. The summed E-state index contributed by atoms with van der Waals surface area (Å²) in [7, 11) is 1.70. The summed E-state index contributed by atoms with van der Waals surface area (Å²) in [6.07, 6.45) is 0.425. The highest BCUT2D eigenvalue weighted by molar-refractivity contribution is 6.31. The van der Waals surface area contributed by atoms with E-state index in [0.29, 0.717) is 40.6 Å². The zero-order chi connectivity index (χ0) is 31.5. The summed E-state index contributed by atoms with van der Waals surface area (Å²) in [5.74, 6) is -0.311. The highest BCUT2D eigenvalue weighted by Crippen LogP contribution is 2.38. The number of amides is 3. The van der Waals surface area contributed by atoms with Crippen molar-refractivity contribution in [1.82, 2.24) is 9.80 Å². The Hall–Kier alpha value is -4.25. The minimum absolute atomic E-state index is 0.0480. The summed E-state index contributed by atoms with van der Waals surface area (Å²) in [6, 6.07) is 22.1. The van der Waals surface area contributed by atoms with Gasteiger partial charge in [0.1, 0.15) is 17.4 Å². The molecule has 2 atom stereocenters. The monoisotopic (exact) mass is 620 g/mol. The van der Waals surface area contributed by atoms with Crippen LogP contribution in [0.1, 0.15) is 35.3 Å². The third-order valence-corrected chi connectivity index (χ3v) is 7.44. The lowest BCUT2D eigenvalue weighted by atomic mass is 9.86. The predicted octanol–water partition coefficient (Wildman–Crippen LogP) is 5.37. The van der Waals surface area contributed by atoms with Crippen LogP contribution >= 0.6 is 11.6 Å². The second-order valence-electron chi connectivity index (χ2n) is 10.1. The van der Waals surface area contributed by atoms with Crippen LogP contribution in [0.2, 0.25) is 5.02 Å². The Morgan fingerprint density at radius 2 is 1.68 bits per heavy atom. The van der Waals surface area contributed by atoms with Gasteiger partial charge in [-0.25, -0.2) is 4.79 Å². The molecule has 0 aliphatic carbocycles. The molecule has 0 spiro atoms. The Kier molecular flexibility index (Phi) is 11.9. The molecule has 0 saturated carbocycles. The molecule has 3 aromatic carbocycles. The largest absolute Gasteiger partial charge is 0.465 e. The highest BCUT2D eigenvalue weighted by Gasteiger charge is 2.45. The van der Waals surface area contributed by atoms with Crippen molar-refractivity contribution in [2.75, 3.05) is 46.5 Å². The van der Waals surface area contributed by atoms with Gasteiger partial charge in [0.05, 0.1) is 31.6 Å². The Morgan fingerprint density at radius 3 is 2.36 bits per heavy atom. The molecule has 1 aliphatic rings. The van der Waals surface area contributed by atoms with Gasteiger partial charge in [0.2, 0.25) is 0 Å². The number of hydrogen-bond acceptors (Lipinski definition) is 7. The standard InChI is InChI=1S/C33H37ClN4O6/c1-3-43-32(40)29-28(22-42-21-18-35)36-33(41)38(30(29)26-12-7-8-13-27(26)34)20-9-19-37(2)31(39)23-14-16-25(17-15-23)44-24-10-5-4-6-11-24/h4-8,10-17,29-30H,3,9,18-22,35H2,1-2H3. The molecule has 0 bridgehead atoms. The number of hydrogen-bond donors (Lipinski definition) is 1. The average molecular weight is 621 g/mol. The average Bonchev–Trinajstić information content (AvgIpc) is 3.02. The van der Waals surface area contributed by atoms with Crippen LogP contribution in [-0.2, 0) is 14.3 Å². The van der Waals surface area contributed by atoms with E-state index in [9.17, 15) is 14.4 Å². The van der Waals surface area contributed by atoms with E-state index in [1.54, 1.807) is 67.4 Å². The Morgan fingerprint density at radius 1 is 1.00 bits per heavy atom. The molecule has 0 fully saturated rings. The molecule has 2 unspecified atom stereocenters. The summed E-state index contributed by atoms with van der Waals surface area (Å²) in [5, 5.41) is 0.403. The Balaban J connectivity index is 1.48. The number of carbonyl (C=O) groups is 3. The second kappa shape index (κ2) is 16.0. The van der Waals surface area contributed by atoms with Gasteiger partial charge in [-0.1, -0.05) is 48.0 Å². The van der Waals surface area contributed by atoms with Crippen LogP contribution in [0.4, 0.5) is 4.79 Å². The van der Waals surface area contributed by atoms with Gasteiger partial charge in [0.25, 0.3) is 5.91 Å². The third-order valence-electron chi connectivity index (χ3n) is 7.09. The first-order valence-electron chi connectivity index (χ1n) is 14.5. The Bertz CT molecular complexity index is 1450. The predicted molar refractivity (Wildman–Crippen MR) is 168 cm³/mol. The number of rotatable bonds is 14. The number of benzene rings is 3. The van der Waals surface area contributed by atoms with Crippen molar-refractivity contribution in [3.05, 3.63) is 95.0 Å². The molecule has 0 saturated heterocycles. The van der Waals surface area contributed by atoms with E-state index in [1.165, 1.54) is 4.90 Å². The van der Waals surface area contributed by atoms with E-state index >= 15 is 0 Å². The lowest BCUT2D eigenvalue weighted by molar-refractivity contribution is -0.147. The molecule has 232 valence electrons. The quantitative estimate of drug-likeness (QED) is 0.190. The van der Waals surface area contributed by atoms with Crippen LogP contribution in [0.25, 0.3) is 0 Å². The minimum atomic E-state index is -0.929. The van der Waals surface area contributed by atoms with Crippen molar-refractivity contribution in [2.24, 2.45) is 16.6 Å². The van der Waals surface area contributed by atoms with Crippen LogP contribution in [0.3, 0.4) is 0 Å². The number of ether oxygens (including phenoxy) is 3. The van der Waals surface area contributed by atoms with E-state index in [-0.39, 0.29) is 44.5 Å². The smallest absolute Gasteiger partial charge is 0.344 e. The van der Waals surface area contributed by atoms with E-state index in [0.717, 1.165) is 0 Å². The molecule has 3 amide bonds. The molecular formula is C33H37ClN4O6. The van der Waals surface area contributed by atoms with Gasteiger partial charge in [-0.15, -0.1) is 0 Å². The van der Waals surface area contributed by atoms with E-state index in [4.69, 9.17) is 31.5 Å².